The van der Waals surface area contributed by atoms with E-state index in [4.69, 9.17) is 11.5 Å². The van der Waals surface area contributed by atoms with E-state index in [0.29, 0.717) is 29.4 Å². The molecule has 196 valence electrons. The molecule has 0 amide bonds. The fourth-order valence-electron chi connectivity index (χ4n) is 4.62. The maximum absolute atomic E-state index is 12.8. The second-order valence-corrected chi connectivity index (χ2v) is 9.72. The summed E-state index contributed by atoms with van der Waals surface area (Å²) >= 11 is 0. The highest BCUT2D eigenvalue weighted by Crippen LogP contribution is 2.32. The molecule has 0 aromatic heterocycles. The molecule has 1 aliphatic carbocycles. The Morgan fingerprint density at radius 1 is 1.05 bits per heavy atom. The Morgan fingerprint density at radius 2 is 1.76 bits per heavy atom. The molecule has 0 bridgehead atoms. The molecule has 1 heterocycles. The predicted molar refractivity (Wildman–Crippen MR) is 138 cm³/mol. The van der Waals surface area contributed by atoms with Gasteiger partial charge in [0.2, 0.25) is 0 Å². The van der Waals surface area contributed by atoms with Crippen LogP contribution >= 0.6 is 0 Å². The number of benzene rings is 2. The zero-order valence-corrected chi connectivity index (χ0v) is 20.7. The van der Waals surface area contributed by atoms with Gasteiger partial charge in [0.1, 0.15) is 11.4 Å². The predicted octanol–water partition coefficient (Wildman–Crippen LogP) is 4.44. The summed E-state index contributed by atoms with van der Waals surface area (Å²) in [5.74, 6) is 6.83. The van der Waals surface area contributed by atoms with Crippen LogP contribution in [0, 0.1) is 24.7 Å². The van der Waals surface area contributed by atoms with Crippen molar-refractivity contribution >= 4 is 5.96 Å². The first kappa shape index (κ1) is 26.6. The summed E-state index contributed by atoms with van der Waals surface area (Å²) < 4.78 is 42.5. The number of halogens is 3. The lowest BCUT2D eigenvalue weighted by molar-refractivity contribution is -0.274. The summed E-state index contributed by atoms with van der Waals surface area (Å²) in [5, 5.41) is 6.34. The lowest BCUT2D eigenvalue weighted by atomic mass is 9.79. The minimum absolute atomic E-state index is 0.0336. The molecule has 6 N–H and O–H groups in total. The van der Waals surface area contributed by atoms with Gasteiger partial charge in [0.25, 0.3) is 0 Å². The SMILES string of the molecule is Cc1ccc(C#CC2=CNC(=NCc3ccccc3OC(F)(F)F)NC2(N)CC2CCC(N)CC2)cc1. The number of nitrogens with zero attached hydrogens (tertiary/aromatic N) is 1. The van der Waals surface area contributed by atoms with E-state index < -0.39 is 12.0 Å². The third-order valence-electron chi connectivity index (χ3n) is 6.68. The summed E-state index contributed by atoms with van der Waals surface area (Å²) in [7, 11) is 0. The standard InChI is InChI=1S/C28H32F3N5O/c1-19-6-8-20(9-7-19)10-13-23-18-35-26(36-27(23,33)16-21-11-14-24(32)15-12-21)34-17-22-4-2-3-5-25(22)37-28(29,30)31/h2-9,18,21,24H,11-12,14-17,32-33H2,1H3,(H2,34,35,36). The second-order valence-electron chi connectivity index (χ2n) is 9.72. The van der Waals surface area contributed by atoms with Crippen molar-refractivity contribution in [3.8, 4) is 17.6 Å². The number of ether oxygens (including phenoxy) is 1. The number of nitrogens with one attached hydrogen (secondary N) is 2. The summed E-state index contributed by atoms with van der Waals surface area (Å²) in [6.45, 7) is 1.98. The van der Waals surface area contributed by atoms with Crippen molar-refractivity contribution < 1.29 is 17.9 Å². The number of para-hydroxylation sites is 1. The van der Waals surface area contributed by atoms with Crippen molar-refractivity contribution in [3.63, 3.8) is 0 Å². The third kappa shape index (κ3) is 7.51. The second kappa shape index (κ2) is 11.3. The molecule has 6 nitrogen and oxygen atoms in total. The van der Waals surface area contributed by atoms with Gasteiger partial charge < -0.3 is 26.8 Å². The van der Waals surface area contributed by atoms with Gasteiger partial charge in [-0.25, -0.2) is 4.99 Å². The van der Waals surface area contributed by atoms with Gasteiger partial charge in [-0.05, 0) is 63.1 Å². The highest BCUT2D eigenvalue weighted by molar-refractivity contribution is 5.84. The fraction of sp³-hybridized carbons (Fsp3) is 0.393. The van der Waals surface area contributed by atoms with Gasteiger partial charge in [0.15, 0.2) is 5.96 Å². The van der Waals surface area contributed by atoms with Crippen LogP contribution in [-0.2, 0) is 6.54 Å². The van der Waals surface area contributed by atoms with E-state index in [-0.39, 0.29) is 18.3 Å². The molecule has 37 heavy (non-hydrogen) atoms. The first-order valence-electron chi connectivity index (χ1n) is 12.4. The van der Waals surface area contributed by atoms with Crippen LogP contribution in [0.4, 0.5) is 13.2 Å². The molecular formula is C28H32F3N5O. The maximum atomic E-state index is 12.8. The van der Waals surface area contributed by atoms with Crippen molar-refractivity contribution in [1.29, 1.82) is 0 Å². The number of alkyl halides is 3. The molecule has 0 spiro atoms. The Balaban J connectivity index is 1.57. The Hall–Kier alpha value is -3.48. The third-order valence-corrected chi connectivity index (χ3v) is 6.68. The van der Waals surface area contributed by atoms with Gasteiger partial charge >= 0.3 is 6.36 Å². The Bertz CT molecular complexity index is 1200. The molecular weight excluding hydrogens is 479 g/mol. The van der Waals surface area contributed by atoms with Gasteiger partial charge in [-0.2, -0.15) is 0 Å². The van der Waals surface area contributed by atoms with Crippen molar-refractivity contribution in [2.45, 2.75) is 63.6 Å². The number of hydrogen-bond donors (Lipinski definition) is 4. The number of nitrogens with two attached hydrogens (primary N) is 2. The number of hydrogen-bond acceptors (Lipinski definition) is 4. The maximum Gasteiger partial charge on any atom is 0.573 e. The van der Waals surface area contributed by atoms with Gasteiger partial charge in [-0.15, -0.1) is 13.2 Å². The number of aryl methyl sites for hydroxylation is 1. The van der Waals surface area contributed by atoms with Crippen LogP contribution in [0.5, 0.6) is 5.75 Å². The summed E-state index contributed by atoms with van der Waals surface area (Å²) in [5.41, 5.74) is 15.0. The van der Waals surface area contributed by atoms with Crippen molar-refractivity contribution in [2.75, 3.05) is 0 Å². The Labute approximate surface area is 215 Å². The number of guanidine groups is 1. The topological polar surface area (TPSA) is 97.7 Å². The number of rotatable bonds is 5. The lowest BCUT2D eigenvalue weighted by Gasteiger charge is -2.39. The average Bonchev–Trinajstić information content (AvgIpc) is 2.84. The molecule has 0 radical (unpaired) electrons. The minimum atomic E-state index is -4.78. The van der Waals surface area contributed by atoms with Crippen LogP contribution in [0.3, 0.4) is 0 Å². The van der Waals surface area contributed by atoms with Gasteiger partial charge in [-0.1, -0.05) is 47.7 Å². The molecule has 2 aliphatic rings. The average molecular weight is 512 g/mol. The molecule has 1 saturated carbocycles. The fourth-order valence-corrected chi connectivity index (χ4v) is 4.62. The van der Waals surface area contributed by atoms with Crippen LogP contribution in [0.15, 0.2) is 65.3 Å². The summed E-state index contributed by atoms with van der Waals surface area (Å²) in [4.78, 5) is 4.46. The molecule has 2 aromatic carbocycles. The van der Waals surface area contributed by atoms with Crippen LogP contribution in [0.25, 0.3) is 0 Å². The van der Waals surface area contributed by atoms with E-state index in [0.717, 1.165) is 36.8 Å². The van der Waals surface area contributed by atoms with Crippen LogP contribution in [0.2, 0.25) is 0 Å². The molecule has 4 rings (SSSR count). The number of aliphatic imine (C=N–C) groups is 1. The Morgan fingerprint density at radius 3 is 2.46 bits per heavy atom. The molecule has 1 fully saturated rings. The lowest BCUT2D eigenvalue weighted by Crippen LogP contribution is -2.63. The van der Waals surface area contributed by atoms with Gasteiger partial charge in [0, 0.05) is 23.4 Å². The van der Waals surface area contributed by atoms with E-state index in [2.05, 4.69) is 32.2 Å². The quantitative estimate of drug-likeness (QED) is 0.445. The van der Waals surface area contributed by atoms with Crippen molar-refractivity contribution in [1.82, 2.24) is 10.6 Å². The van der Waals surface area contributed by atoms with Crippen molar-refractivity contribution in [2.24, 2.45) is 22.4 Å². The first-order valence-corrected chi connectivity index (χ1v) is 12.4. The van der Waals surface area contributed by atoms with E-state index in [1.165, 1.54) is 12.1 Å². The summed E-state index contributed by atoms with van der Waals surface area (Å²) in [6, 6.07) is 14.1. The Kier molecular flexibility index (Phi) is 8.10. The van der Waals surface area contributed by atoms with Crippen molar-refractivity contribution in [3.05, 3.63) is 77.0 Å². The van der Waals surface area contributed by atoms with Crippen LogP contribution in [0.1, 0.15) is 48.8 Å². The molecule has 2 aromatic rings. The van der Waals surface area contributed by atoms with Gasteiger partial charge in [-0.3, -0.25) is 0 Å². The van der Waals surface area contributed by atoms with E-state index in [9.17, 15) is 13.2 Å². The molecule has 1 unspecified atom stereocenters. The molecule has 0 saturated heterocycles. The smallest absolute Gasteiger partial charge is 0.405 e. The molecule has 1 atom stereocenters. The monoisotopic (exact) mass is 511 g/mol. The highest BCUT2D eigenvalue weighted by Gasteiger charge is 2.37. The zero-order chi connectivity index (χ0) is 26.5. The zero-order valence-electron chi connectivity index (χ0n) is 20.7. The minimum Gasteiger partial charge on any atom is -0.405 e. The van der Waals surface area contributed by atoms with Crippen LogP contribution in [-0.4, -0.2) is 24.0 Å². The largest absolute Gasteiger partial charge is 0.573 e. The van der Waals surface area contributed by atoms with E-state index in [1.54, 1.807) is 18.3 Å². The van der Waals surface area contributed by atoms with E-state index in [1.807, 2.05) is 31.2 Å². The first-order chi connectivity index (χ1) is 17.6. The van der Waals surface area contributed by atoms with Gasteiger partial charge in [0.05, 0.1) is 12.1 Å². The normalized spacial score (nSPS) is 24.8. The summed E-state index contributed by atoms with van der Waals surface area (Å²) in [6.07, 6.45) is 1.41. The van der Waals surface area contributed by atoms with E-state index >= 15 is 0 Å². The molecule has 1 aliphatic heterocycles. The molecule has 9 heteroatoms. The highest BCUT2D eigenvalue weighted by atomic mass is 19.4. The van der Waals surface area contributed by atoms with Crippen LogP contribution < -0.4 is 26.8 Å².